The Hall–Kier alpha value is -2.72. The minimum absolute atomic E-state index is 0.00757. The molecule has 0 spiro atoms. The second-order valence-electron chi connectivity index (χ2n) is 10.3. The molecule has 2 unspecified atom stereocenters. The van der Waals surface area contributed by atoms with E-state index in [1.807, 2.05) is 78.8 Å². The molecule has 0 saturated carbocycles. The van der Waals surface area contributed by atoms with Crippen molar-refractivity contribution < 1.29 is 19.1 Å². The summed E-state index contributed by atoms with van der Waals surface area (Å²) in [5.41, 5.74) is 5.05. The van der Waals surface area contributed by atoms with Crippen LogP contribution in [0.3, 0.4) is 0 Å². The van der Waals surface area contributed by atoms with Crippen molar-refractivity contribution in [2.24, 2.45) is 11.3 Å². The quantitative estimate of drug-likeness (QED) is 0.474. The maximum atomic E-state index is 13.5. The van der Waals surface area contributed by atoms with Gasteiger partial charge in [0.15, 0.2) is 5.78 Å². The number of esters is 1. The molecule has 2 atom stereocenters. The van der Waals surface area contributed by atoms with Crippen LogP contribution in [-0.4, -0.2) is 17.9 Å². The highest BCUT2D eigenvalue weighted by molar-refractivity contribution is 6.23. The number of hydrogen-bond acceptors (Lipinski definition) is 4. The highest BCUT2D eigenvalue weighted by Gasteiger charge is 2.36. The van der Waals surface area contributed by atoms with E-state index in [1.165, 1.54) is 0 Å². The summed E-state index contributed by atoms with van der Waals surface area (Å²) in [5, 5.41) is 0. The van der Waals surface area contributed by atoms with E-state index in [2.05, 4.69) is 12.1 Å². The van der Waals surface area contributed by atoms with Gasteiger partial charge < -0.3 is 9.47 Å². The number of hydrogen-bond donors (Lipinski definition) is 0. The molecule has 3 rings (SSSR count). The van der Waals surface area contributed by atoms with Gasteiger partial charge in [-0.25, -0.2) is 0 Å². The summed E-state index contributed by atoms with van der Waals surface area (Å²) in [6, 6.07) is 14.1. The SMILES string of the molecule is Cc1cc(C)c(C2=C(OC(=O)C(C)(C)C)CC(C(C)OCc3ccccc3)CC2=O)c(C)c1. The molecule has 1 aliphatic rings. The van der Waals surface area contributed by atoms with Crippen molar-refractivity contribution in [3.63, 3.8) is 0 Å². The van der Waals surface area contributed by atoms with Gasteiger partial charge in [0.1, 0.15) is 5.76 Å². The standard InChI is InChI=1S/C29H36O4/c1-18-13-19(2)26(20(3)14-18)27-24(30)15-23(16-25(27)33-28(31)29(5,6)7)21(4)32-17-22-11-9-8-10-12-22/h8-14,21,23H,15-17H2,1-7H3. The predicted molar refractivity (Wildman–Crippen MR) is 132 cm³/mol. The number of carbonyl (C=O) groups excluding carboxylic acids is 2. The average Bonchev–Trinajstić information content (AvgIpc) is 2.73. The van der Waals surface area contributed by atoms with Crippen LogP contribution >= 0.6 is 0 Å². The number of carbonyl (C=O) groups is 2. The first-order valence-electron chi connectivity index (χ1n) is 11.7. The maximum absolute atomic E-state index is 13.5. The second-order valence-corrected chi connectivity index (χ2v) is 10.3. The third-order valence-electron chi connectivity index (χ3n) is 6.23. The zero-order valence-corrected chi connectivity index (χ0v) is 21.0. The normalized spacial score (nSPS) is 17.8. The Morgan fingerprint density at radius 3 is 2.21 bits per heavy atom. The topological polar surface area (TPSA) is 52.6 Å². The van der Waals surface area contributed by atoms with E-state index < -0.39 is 5.41 Å². The molecule has 0 N–H and O–H groups in total. The largest absolute Gasteiger partial charge is 0.430 e. The van der Waals surface area contributed by atoms with Crippen LogP contribution in [0.2, 0.25) is 0 Å². The summed E-state index contributed by atoms with van der Waals surface area (Å²) < 4.78 is 12.1. The smallest absolute Gasteiger partial charge is 0.316 e. The van der Waals surface area contributed by atoms with E-state index in [0.29, 0.717) is 30.8 Å². The van der Waals surface area contributed by atoms with Gasteiger partial charge in [-0.2, -0.15) is 0 Å². The van der Waals surface area contributed by atoms with Crippen LogP contribution in [0, 0.1) is 32.1 Å². The molecule has 176 valence electrons. The van der Waals surface area contributed by atoms with Gasteiger partial charge in [-0.05, 0) is 76.6 Å². The third-order valence-corrected chi connectivity index (χ3v) is 6.23. The summed E-state index contributed by atoms with van der Waals surface area (Å²) in [4.78, 5) is 26.3. The fourth-order valence-corrected chi connectivity index (χ4v) is 4.39. The fourth-order valence-electron chi connectivity index (χ4n) is 4.39. The summed E-state index contributed by atoms with van der Waals surface area (Å²) in [6.45, 7) is 14.0. The lowest BCUT2D eigenvalue weighted by Gasteiger charge is -2.32. The molecule has 0 radical (unpaired) electrons. The fraction of sp³-hybridized carbons (Fsp3) is 0.448. The minimum atomic E-state index is -0.666. The molecule has 0 saturated heterocycles. The Kier molecular flexibility index (Phi) is 7.58. The molecule has 4 heteroatoms. The van der Waals surface area contributed by atoms with Gasteiger partial charge in [0, 0.05) is 12.8 Å². The molecule has 0 heterocycles. The van der Waals surface area contributed by atoms with Gasteiger partial charge in [0.05, 0.1) is 23.7 Å². The molecule has 0 bridgehead atoms. The summed E-state index contributed by atoms with van der Waals surface area (Å²) in [6.07, 6.45) is 0.708. The molecule has 33 heavy (non-hydrogen) atoms. The molecule has 0 aliphatic heterocycles. The first kappa shape index (κ1) is 24.9. The lowest BCUT2D eigenvalue weighted by atomic mass is 9.79. The van der Waals surface area contributed by atoms with Gasteiger partial charge in [-0.15, -0.1) is 0 Å². The van der Waals surface area contributed by atoms with Crippen molar-refractivity contribution in [3.05, 3.63) is 76.0 Å². The molecule has 1 aliphatic carbocycles. The van der Waals surface area contributed by atoms with Crippen LogP contribution in [0.1, 0.15) is 68.4 Å². The van der Waals surface area contributed by atoms with Crippen LogP contribution in [-0.2, 0) is 25.7 Å². The van der Waals surface area contributed by atoms with Crippen molar-refractivity contribution in [2.75, 3.05) is 0 Å². The van der Waals surface area contributed by atoms with E-state index in [4.69, 9.17) is 9.47 Å². The Morgan fingerprint density at radius 2 is 1.64 bits per heavy atom. The lowest BCUT2D eigenvalue weighted by Crippen LogP contribution is -2.31. The number of Topliss-reactive ketones (excluding diaryl/α,β-unsaturated/α-hetero) is 1. The molecule has 2 aromatic carbocycles. The Bertz CT molecular complexity index is 1030. The zero-order valence-electron chi connectivity index (χ0n) is 21.0. The van der Waals surface area contributed by atoms with E-state index in [-0.39, 0.29) is 23.8 Å². The van der Waals surface area contributed by atoms with E-state index in [0.717, 1.165) is 27.8 Å². The van der Waals surface area contributed by atoms with E-state index in [1.54, 1.807) is 0 Å². The van der Waals surface area contributed by atoms with Gasteiger partial charge >= 0.3 is 5.97 Å². The van der Waals surface area contributed by atoms with Gasteiger partial charge in [-0.3, -0.25) is 9.59 Å². The van der Waals surface area contributed by atoms with Crippen molar-refractivity contribution >= 4 is 17.3 Å². The van der Waals surface area contributed by atoms with Crippen molar-refractivity contribution in [1.82, 2.24) is 0 Å². The minimum Gasteiger partial charge on any atom is -0.430 e. The number of benzene rings is 2. The Labute approximate surface area is 198 Å². The van der Waals surface area contributed by atoms with Crippen LogP contribution in [0.15, 0.2) is 48.2 Å². The summed E-state index contributed by atoms with van der Waals surface area (Å²) in [5.74, 6) is 0.0945. The highest BCUT2D eigenvalue weighted by atomic mass is 16.5. The van der Waals surface area contributed by atoms with Crippen molar-refractivity contribution in [3.8, 4) is 0 Å². The number of ketones is 1. The lowest BCUT2D eigenvalue weighted by molar-refractivity contribution is -0.149. The average molecular weight is 449 g/mol. The van der Waals surface area contributed by atoms with Crippen LogP contribution in [0.5, 0.6) is 0 Å². The molecule has 2 aromatic rings. The highest BCUT2D eigenvalue weighted by Crippen LogP contribution is 2.39. The van der Waals surface area contributed by atoms with E-state index >= 15 is 0 Å². The molecule has 0 fully saturated rings. The van der Waals surface area contributed by atoms with Crippen LogP contribution in [0.4, 0.5) is 0 Å². The maximum Gasteiger partial charge on any atom is 0.316 e. The van der Waals surface area contributed by atoms with E-state index in [9.17, 15) is 9.59 Å². The Morgan fingerprint density at radius 1 is 1.03 bits per heavy atom. The number of aryl methyl sites for hydroxylation is 3. The molecular formula is C29H36O4. The Balaban J connectivity index is 1.94. The van der Waals surface area contributed by atoms with Gasteiger partial charge in [0.25, 0.3) is 0 Å². The summed E-state index contributed by atoms with van der Waals surface area (Å²) >= 11 is 0. The summed E-state index contributed by atoms with van der Waals surface area (Å²) in [7, 11) is 0. The molecule has 0 amide bonds. The van der Waals surface area contributed by atoms with Gasteiger partial charge in [0.2, 0.25) is 0 Å². The third kappa shape index (κ3) is 6.00. The second kappa shape index (κ2) is 10.0. The van der Waals surface area contributed by atoms with Crippen molar-refractivity contribution in [1.29, 1.82) is 0 Å². The molecule has 4 nitrogen and oxygen atoms in total. The number of ether oxygens (including phenoxy) is 2. The first-order chi connectivity index (χ1) is 15.5. The number of allylic oxidation sites excluding steroid dienone is 2. The first-order valence-corrected chi connectivity index (χ1v) is 11.7. The predicted octanol–water partition coefficient (Wildman–Crippen LogP) is 6.50. The number of rotatable bonds is 6. The zero-order chi connectivity index (χ0) is 24.3. The monoisotopic (exact) mass is 448 g/mol. The van der Waals surface area contributed by atoms with Gasteiger partial charge in [-0.1, -0.05) is 48.0 Å². The molecular weight excluding hydrogens is 412 g/mol. The van der Waals surface area contributed by atoms with Crippen molar-refractivity contribution in [2.45, 2.75) is 74.0 Å². The van der Waals surface area contributed by atoms with Crippen LogP contribution < -0.4 is 0 Å². The molecule has 0 aromatic heterocycles. The van der Waals surface area contributed by atoms with Crippen LogP contribution in [0.25, 0.3) is 5.57 Å².